The van der Waals surface area contributed by atoms with Crippen molar-refractivity contribution in [3.8, 4) is 0 Å². The van der Waals surface area contributed by atoms with Gasteiger partial charge in [0.15, 0.2) is 5.43 Å². The van der Waals surface area contributed by atoms with Crippen LogP contribution in [0.4, 0.5) is 4.79 Å². The van der Waals surface area contributed by atoms with Crippen molar-refractivity contribution in [2.45, 2.75) is 44.7 Å². The van der Waals surface area contributed by atoms with E-state index in [-0.39, 0.29) is 35.1 Å². The predicted octanol–water partition coefficient (Wildman–Crippen LogP) is -0.994. The van der Waals surface area contributed by atoms with Crippen LogP contribution in [0.1, 0.15) is 38.1 Å². The number of fused-ring (bicyclic) bond motifs is 1. The molecular formula is C19H23N2NaO5S. The first-order chi connectivity index (χ1) is 12.6. The van der Waals surface area contributed by atoms with Crippen molar-refractivity contribution in [3.05, 3.63) is 40.2 Å². The van der Waals surface area contributed by atoms with Crippen LogP contribution in [0.25, 0.3) is 10.9 Å². The fourth-order valence-electron chi connectivity index (χ4n) is 2.51. The number of aromatic nitrogens is 1. The van der Waals surface area contributed by atoms with Gasteiger partial charge < -0.3 is 24.5 Å². The maximum atomic E-state index is 12.4. The molecule has 1 amide bonds. The molecule has 0 saturated carbocycles. The molecule has 2 aromatic rings. The predicted molar refractivity (Wildman–Crippen MR) is 103 cm³/mol. The number of carbonyl (C=O) groups is 2. The molecule has 0 atom stereocenters. The third-order valence-electron chi connectivity index (χ3n) is 3.65. The number of pyridine rings is 1. The van der Waals surface area contributed by atoms with Gasteiger partial charge in [-0.05, 0) is 45.9 Å². The fourth-order valence-corrected chi connectivity index (χ4v) is 3.31. The second-order valence-corrected chi connectivity index (χ2v) is 8.07. The summed E-state index contributed by atoms with van der Waals surface area (Å²) in [5.41, 5.74) is -0.781. The molecule has 0 aliphatic rings. The quantitative estimate of drug-likeness (QED) is 0.370. The Kier molecular flexibility index (Phi) is 9.07. The number of aromatic carboxylic acids is 1. The Bertz CT molecular complexity index is 921. The molecule has 0 saturated heterocycles. The van der Waals surface area contributed by atoms with E-state index in [1.807, 2.05) is 13.0 Å². The number of carboxylic acids is 1. The Balaban J connectivity index is 0.00000392. The van der Waals surface area contributed by atoms with Gasteiger partial charge in [0.2, 0.25) is 0 Å². The van der Waals surface area contributed by atoms with Crippen LogP contribution >= 0.6 is 11.8 Å². The number of aryl methyl sites for hydroxylation is 1. The summed E-state index contributed by atoms with van der Waals surface area (Å²) >= 11 is 1.45. The van der Waals surface area contributed by atoms with E-state index in [0.29, 0.717) is 29.7 Å². The van der Waals surface area contributed by atoms with Gasteiger partial charge in [-0.25, -0.2) is 4.79 Å². The van der Waals surface area contributed by atoms with Gasteiger partial charge >= 0.3 is 35.7 Å². The molecule has 0 unspecified atom stereocenters. The van der Waals surface area contributed by atoms with Crippen molar-refractivity contribution in [2.24, 2.45) is 0 Å². The summed E-state index contributed by atoms with van der Waals surface area (Å²) in [7, 11) is 0. The molecule has 1 heterocycles. The third kappa shape index (κ3) is 6.55. The van der Waals surface area contributed by atoms with Crippen molar-refractivity contribution < 1.29 is 49.0 Å². The summed E-state index contributed by atoms with van der Waals surface area (Å²) in [4.78, 5) is 36.1. The summed E-state index contributed by atoms with van der Waals surface area (Å²) in [5, 5.41) is 14.2. The number of thioether (sulfide) groups is 1. The SMILES string of the molecule is CCn1cc(C(=O)[O-])c(=O)c2cc(SCCNC(=O)OC(C)(C)C)ccc21.[Na+]. The van der Waals surface area contributed by atoms with Crippen molar-refractivity contribution in [3.63, 3.8) is 0 Å². The van der Waals surface area contributed by atoms with Gasteiger partial charge in [0.1, 0.15) is 5.60 Å². The summed E-state index contributed by atoms with van der Waals surface area (Å²) < 4.78 is 6.87. The standard InChI is InChI=1S/C19H24N2O5S.Na/c1-5-21-11-14(17(23)24)16(22)13-10-12(6-7-15(13)21)27-9-8-20-18(25)26-19(2,3)4;/h6-7,10-11H,5,8-9H2,1-4H3,(H,20,25)(H,23,24);/q;+1/p-1. The van der Waals surface area contributed by atoms with Crippen LogP contribution in [0.15, 0.2) is 34.1 Å². The van der Waals surface area contributed by atoms with Crippen LogP contribution in [0.5, 0.6) is 0 Å². The third-order valence-corrected chi connectivity index (χ3v) is 4.65. The Morgan fingerprint density at radius 2 is 1.96 bits per heavy atom. The maximum absolute atomic E-state index is 12.4. The fraction of sp³-hybridized carbons (Fsp3) is 0.421. The summed E-state index contributed by atoms with van der Waals surface area (Å²) in [6.07, 6.45) is 0.837. The summed E-state index contributed by atoms with van der Waals surface area (Å²) in [6.45, 7) is 8.18. The maximum Gasteiger partial charge on any atom is 1.00 e. The normalized spacial score (nSPS) is 11.0. The van der Waals surface area contributed by atoms with Gasteiger partial charge in [0.25, 0.3) is 0 Å². The van der Waals surface area contributed by atoms with Gasteiger partial charge in [-0.3, -0.25) is 4.79 Å². The number of alkyl carbamates (subject to hydrolysis) is 1. The summed E-state index contributed by atoms with van der Waals surface area (Å²) in [5.74, 6) is -0.906. The van der Waals surface area contributed by atoms with Crippen molar-refractivity contribution >= 4 is 34.7 Å². The number of carbonyl (C=O) groups excluding carboxylic acids is 2. The number of carboxylic acid groups (broad SMARTS) is 1. The van der Waals surface area contributed by atoms with Crippen molar-refractivity contribution in [1.82, 2.24) is 9.88 Å². The molecule has 1 aromatic carbocycles. The molecule has 1 N–H and O–H groups in total. The Morgan fingerprint density at radius 3 is 2.54 bits per heavy atom. The van der Waals surface area contributed by atoms with Crippen LogP contribution in [0.3, 0.4) is 0 Å². The van der Waals surface area contributed by atoms with Gasteiger partial charge in [-0.15, -0.1) is 11.8 Å². The molecule has 0 fully saturated rings. The molecule has 0 bridgehead atoms. The zero-order valence-corrected chi connectivity index (χ0v) is 19.6. The molecule has 2 rings (SSSR count). The Hall–Kier alpha value is -1.48. The molecular weight excluding hydrogens is 391 g/mol. The van der Waals surface area contributed by atoms with E-state index in [4.69, 9.17) is 4.74 Å². The minimum absolute atomic E-state index is 0. The molecule has 146 valence electrons. The first-order valence-electron chi connectivity index (χ1n) is 8.60. The van der Waals surface area contributed by atoms with Crippen molar-refractivity contribution in [1.29, 1.82) is 0 Å². The molecule has 28 heavy (non-hydrogen) atoms. The zero-order chi connectivity index (χ0) is 20.2. The molecule has 0 aliphatic carbocycles. The van der Waals surface area contributed by atoms with E-state index in [9.17, 15) is 19.5 Å². The van der Waals surface area contributed by atoms with E-state index in [1.165, 1.54) is 18.0 Å². The van der Waals surface area contributed by atoms with E-state index in [2.05, 4.69) is 5.32 Å². The first-order valence-corrected chi connectivity index (χ1v) is 9.59. The van der Waals surface area contributed by atoms with Gasteiger partial charge in [-0.1, -0.05) is 0 Å². The number of amides is 1. The van der Waals surface area contributed by atoms with Crippen LogP contribution < -0.4 is 45.4 Å². The van der Waals surface area contributed by atoms with E-state index >= 15 is 0 Å². The number of hydrogen-bond acceptors (Lipinski definition) is 6. The minimum Gasteiger partial charge on any atom is -0.545 e. The molecule has 0 aliphatic heterocycles. The minimum atomic E-state index is -1.48. The summed E-state index contributed by atoms with van der Waals surface area (Å²) in [6, 6.07) is 5.34. The topological polar surface area (TPSA) is 100 Å². The number of nitrogens with one attached hydrogen (secondary N) is 1. The van der Waals surface area contributed by atoms with E-state index in [0.717, 1.165) is 4.90 Å². The molecule has 7 nitrogen and oxygen atoms in total. The Morgan fingerprint density at radius 1 is 1.29 bits per heavy atom. The first kappa shape index (κ1) is 24.6. The molecule has 9 heteroatoms. The number of nitrogens with zero attached hydrogens (tertiary/aromatic N) is 1. The number of hydrogen-bond donors (Lipinski definition) is 1. The smallest absolute Gasteiger partial charge is 0.545 e. The number of rotatable bonds is 6. The second-order valence-electron chi connectivity index (χ2n) is 6.90. The second kappa shape index (κ2) is 10.3. The van der Waals surface area contributed by atoms with Gasteiger partial charge in [0.05, 0.1) is 17.0 Å². The average molecular weight is 414 g/mol. The monoisotopic (exact) mass is 414 g/mol. The molecule has 0 spiro atoms. The van der Waals surface area contributed by atoms with Crippen LogP contribution in [-0.2, 0) is 11.3 Å². The number of benzene rings is 1. The van der Waals surface area contributed by atoms with E-state index in [1.54, 1.807) is 37.5 Å². The zero-order valence-electron chi connectivity index (χ0n) is 16.8. The number of ether oxygens (including phenoxy) is 1. The van der Waals surface area contributed by atoms with Crippen LogP contribution in [0, 0.1) is 0 Å². The largest absolute Gasteiger partial charge is 1.00 e. The molecule has 1 aromatic heterocycles. The van der Waals surface area contributed by atoms with Crippen LogP contribution in [-0.4, -0.2) is 34.5 Å². The molecule has 0 radical (unpaired) electrons. The Labute approximate surface area is 190 Å². The van der Waals surface area contributed by atoms with E-state index < -0.39 is 23.1 Å². The van der Waals surface area contributed by atoms with Gasteiger partial charge in [0, 0.05) is 35.3 Å². The average Bonchev–Trinajstić information content (AvgIpc) is 2.57. The van der Waals surface area contributed by atoms with Gasteiger partial charge in [-0.2, -0.15) is 0 Å². The van der Waals surface area contributed by atoms with Crippen molar-refractivity contribution in [2.75, 3.05) is 12.3 Å². The van der Waals surface area contributed by atoms with Crippen LogP contribution in [0.2, 0.25) is 0 Å².